The molecule has 0 aliphatic rings. The van der Waals surface area contributed by atoms with Crippen molar-refractivity contribution in [1.29, 1.82) is 0 Å². The van der Waals surface area contributed by atoms with Crippen molar-refractivity contribution in [2.75, 3.05) is 0 Å². The molecule has 1 heterocycles. The smallest absolute Gasteiger partial charge is 0.267 e. The third-order valence-corrected chi connectivity index (χ3v) is 5.45. The molecule has 5 aromatic rings. The van der Waals surface area contributed by atoms with Crippen LogP contribution in [-0.4, -0.2) is 21.9 Å². The second-order valence-electron chi connectivity index (χ2n) is 7.61. The van der Waals surface area contributed by atoms with Crippen LogP contribution in [0, 0.1) is 0 Å². The average molecular weight is 432 g/mol. The molecule has 160 valence electrons. The number of hydrogen-bond donors (Lipinski definition) is 1. The van der Waals surface area contributed by atoms with Gasteiger partial charge in [-0.2, -0.15) is 10.2 Å². The number of nitrogens with one attached hydrogen (secondary N) is 1. The van der Waals surface area contributed by atoms with E-state index >= 15 is 0 Å². The molecule has 1 amide bonds. The zero-order valence-corrected chi connectivity index (χ0v) is 17.7. The van der Waals surface area contributed by atoms with Gasteiger partial charge in [0, 0.05) is 10.9 Å². The van der Waals surface area contributed by atoms with Gasteiger partial charge in [0.25, 0.3) is 11.5 Å². The number of nitrogens with zero attached hydrogens (tertiary/aromatic N) is 3. The van der Waals surface area contributed by atoms with Gasteiger partial charge in [0.1, 0.15) is 0 Å². The third kappa shape index (κ3) is 4.14. The molecule has 0 saturated heterocycles. The van der Waals surface area contributed by atoms with Crippen molar-refractivity contribution in [3.63, 3.8) is 0 Å². The summed E-state index contributed by atoms with van der Waals surface area (Å²) in [4.78, 5) is 26.0. The van der Waals surface area contributed by atoms with Crippen LogP contribution in [0.15, 0.2) is 107 Å². The summed E-state index contributed by atoms with van der Waals surface area (Å²) in [5.41, 5.74) is 4.28. The minimum atomic E-state index is -0.482. The Hall–Kier alpha value is -4.58. The van der Waals surface area contributed by atoms with Gasteiger partial charge in [-0.15, -0.1) is 0 Å². The molecule has 0 saturated carbocycles. The maximum absolute atomic E-state index is 13.0. The Morgan fingerprint density at radius 3 is 2.30 bits per heavy atom. The lowest BCUT2D eigenvalue weighted by atomic mass is 10.1. The number of fused-ring (bicyclic) bond motifs is 2. The molecule has 0 bridgehead atoms. The lowest BCUT2D eigenvalue weighted by Gasteiger charge is -2.10. The fourth-order valence-corrected chi connectivity index (χ4v) is 3.84. The van der Waals surface area contributed by atoms with Crippen molar-refractivity contribution in [2.45, 2.75) is 6.54 Å². The maximum atomic E-state index is 13.0. The molecule has 1 aromatic heterocycles. The molecule has 0 spiro atoms. The van der Waals surface area contributed by atoms with Crippen LogP contribution < -0.4 is 11.0 Å². The first kappa shape index (κ1) is 20.3. The second kappa shape index (κ2) is 8.88. The van der Waals surface area contributed by atoms with Gasteiger partial charge in [0.05, 0.1) is 18.1 Å². The average Bonchev–Trinajstić information content (AvgIpc) is 2.86. The van der Waals surface area contributed by atoms with Gasteiger partial charge in [-0.1, -0.05) is 91.0 Å². The van der Waals surface area contributed by atoms with E-state index in [0.717, 1.165) is 21.9 Å². The summed E-state index contributed by atoms with van der Waals surface area (Å²) < 4.78 is 1.32. The molecule has 0 aliphatic carbocycles. The zero-order valence-electron chi connectivity index (χ0n) is 17.7. The maximum Gasteiger partial charge on any atom is 0.292 e. The highest BCUT2D eigenvalue weighted by Gasteiger charge is 2.16. The molecule has 4 aromatic carbocycles. The van der Waals surface area contributed by atoms with Gasteiger partial charge in [0.2, 0.25) is 0 Å². The first-order valence-corrected chi connectivity index (χ1v) is 10.6. The number of rotatable bonds is 5. The van der Waals surface area contributed by atoms with E-state index in [0.29, 0.717) is 10.8 Å². The molecular weight excluding hydrogens is 412 g/mol. The van der Waals surface area contributed by atoms with Gasteiger partial charge < -0.3 is 0 Å². The Morgan fingerprint density at radius 1 is 0.818 bits per heavy atom. The number of amides is 1. The van der Waals surface area contributed by atoms with E-state index in [-0.39, 0.29) is 17.8 Å². The number of benzene rings is 4. The topological polar surface area (TPSA) is 76.3 Å². The van der Waals surface area contributed by atoms with E-state index in [2.05, 4.69) is 15.6 Å². The molecular formula is C27H20N4O2. The molecule has 0 fully saturated rings. The summed E-state index contributed by atoms with van der Waals surface area (Å²) in [5, 5.41) is 11.6. The Kier molecular flexibility index (Phi) is 5.47. The SMILES string of the molecule is O=C(NN=Cc1cccc2ccccc12)c1nn(Cc2ccccc2)c(=O)c2ccccc12. The van der Waals surface area contributed by atoms with E-state index in [9.17, 15) is 9.59 Å². The number of hydrazone groups is 1. The highest BCUT2D eigenvalue weighted by molar-refractivity contribution is 6.05. The normalized spacial score (nSPS) is 11.3. The monoisotopic (exact) mass is 432 g/mol. The lowest BCUT2D eigenvalue weighted by Crippen LogP contribution is -2.29. The number of aromatic nitrogens is 2. The van der Waals surface area contributed by atoms with Gasteiger partial charge in [-0.3, -0.25) is 9.59 Å². The van der Waals surface area contributed by atoms with Crippen molar-refractivity contribution in [3.05, 3.63) is 124 Å². The van der Waals surface area contributed by atoms with E-state index < -0.39 is 5.91 Å². The molecule has 1 N–H and O–H groups in total. The molecule has 33 heavy (non-hydrogen) atoms. The summed E-state index contributed by atoms with van der Waals surface area (Å²) in [7, 11) is 0. The van der Waals surface area contributed by atoms with Crippen LogP contribution in [0.1, 0.15) is 21.6 Å². The summed E-state index contributed by atoms with van der Waals surface area (Å²) >= 11 is 0. The van der Waals surface area contributed by atoms with Crippen LogP contribution in [0.25, 0.3) is 21.5 Å². The number of carbonyl (C=O) groups is 1. The third-order valence-electron chi connectivity index (χ3n) is 5.45. The van der Waals surface area contributed by atoms with Crippen molar-refractivity contribution >= 4 is 33.7 Å². The summed E-state index contributed by atoms with van der Waals surface area (Å²) in [6.07, 6.45) is 1.61. The largest absolute Gasteiger partial charge is 0.292 e. The van der Waals surface area contributed by atoms with Gasteiger partial charge >= 0.3 is 0 Å². The highest BCUT2D eigenvalue weighted by Crippen LogP contribution is 2.17. The van der Waals surface area contributed by atoms with Crippen LogP contribution in [-0.2, 0) is 6.54 Å². The predicted octanol–water partition coefficient (Wildman–Crippen LogP) is 4.36. The van der Waals surface area contributed by atoms with Crippen molar-refractivity contribution in [3.8, 4) is 0 Å². The predicted molar refractivity (Wildman–Crippen MR) is 131 cm³/mol. The fourth-order valence-electron chi connectivity index (χ4n) is 3.84. The molecule has 0 radical (unpaired) electrons. The van der Waals surface area contributed by atoms with Gasteiger partial charge in [0.15, 0.2) is 5.69 Å². The molecule has 0 atom stereocenters. The van der Waals surface area contributed by atoms with Crippen molar-refractivity contribution in [1.82, 2.24) is 15.2 Å². The molecule has 6 nitrogen and oxygen atoms in total. The van der Waals surface area contributed by atoms with Crippen LogP contribution >= 0.6 is 0 Å². The Labute approximate surface area is 189 Å². The second-order valence-corrected chi connectivity index (χ2v) is 7.61. The van der Waals surface area contributed by atoms with Crippen LogP contribution in [0.5, 0.6) is 0 Å². The van der Waals surface area contributed by atoms with Crippen molar-refractivity contribution in [2.24, 2.45) is 5.10 Å². The minimum absolute atomic E-state index is 0.149. The highest BCUT2D eigenvalue weighted by atomic mass is 16.2. The van der Waals surface area contributed by atoms with Crippen LogP contribution in [0.4, 0.5) is 0 Å². The summed E-state index contributed by atoms with van der Waals surface area (Å²) in [6, 6.07) is 30.4. The minimum Gasteiger partial charge on any atom is -0.267 e. The van der Waals surface area contributed by atoms with Crippen LogP contribution in [0.2, 0.25) is 0 Å². The van der Waals surface area contributed by atoms with Crippen molar-refractivity contribution < 1.29 is 4.79 Å². The van der Waals surface area contributed by atoms with E-state index in [1.807, 2.05) is 72.8 Å². The molecule has 5 rings (SSSR count). The summed E-state index contributed by atoms with van der Waals surface area (Å²) in [6.45, 7) is 0.268. The van der Waals surface area contributed by atoms with E-state index in [1.54, 1.807) is 30.5 Å². The Bertz CT molecular complexity index is 1550. The van der Waals surface area contributed by atoms with Crippen LogP contribution in [0.3, 0.4) is 0 Å². The van der Waals surface area contributed by atoms with E-state index in [1.165, 1.54) is 4.68 Å². The molecule has 0 aliphatic heterocycles. The lowest BCUT2D eigenvalue weighted by molar-refractivity contribution is 0.0949. The summed E-state index contributed by atoms with van der Waals surface area (Å²) in [5.74, 6) is -0.482. The first-order valence-electron chi connectivity index (χ1n) is 10.6. The standard InChI is InChI=1S/C27H20N4O2/c32-26(29-28-17-21-13-8-12-20-11-4-5-14-22(20)21)25-23-15-6-7-16-24(23)27(33)31(30-25)18-19-9-2-1-3-10-19/h1-17H,18H2,(H,29,32). The quantitative estimate of drug-likeness (QED) is 0.331. The molecule has 0 unspecified atom stereocenters. The first-order chi connectivity index (χ1) is 16.2. The Balaban J connectivity index is 1.48. The molecule has 6 heteroatoms. The van der Waals surface area contributed by atoms with E-state index in [4.69, 9.17) is 0 Å². The van der Waals surface area contributed by atoms with Gasteiger partial charge in [-0.05, 0) is 22.4 Å². The Morgan fingerprint density at radius 2 is 1.48 bits per heavy atom. The van der Waals surface area contributed by atoms with Gasteiger partial charge in [-0.25, -0.2) is 10.1 Å². The number of hydrogen-bond acceptors (Lipinski definition) is 4. The fraction of sp³-hybridized carbons (Fsp3) is 0.0370. The zero-order chi connectivity index (χ0) is 22.6. The number of carbonyl (C=O) groups excluding carboxylic acids is 1.